The summed E-state index contributed by atoms with van der Waals surface area (Å²) in [6, 6.07) is 12.5. The normalized spacial score (nSPS) is 13.1. The molecule has 25 heavy (non-hydrogen) atoms. The fraction of sp³-hybridized carbons (Fsp3) is 0.333. The summed E-state index contributed by atoms with van der Waals surface area (Å²) >= 11 is 0. The lowest BCUT2D eigenvalue weighted by Gasteiger charge is -2.19. The van der Waals surface area contributed by atoms with Crippen LogP contribution in [0, 0.1) is 6.92 Å². The highest BCUT2D eigenvalue weighted by atomic mass is 16.5. The van der Waals surface area contributed by atoms with Gasteiger partial charge in [0.15, 0.2) is 0 Å². The number of nitrogens with two attached hydrogens (primary N) is 1. The van der Waals surface area contributed by atoms with Gasteiger partial charge in [0, 0.05) is 17.8 Å². The third-order valence-corrected chi connectivity index (χ3v) is 3.75. The number of carbonyl (C=O) groups excluding carboxylic acids is 1. The van der Waals surface area contributed by atoms with Gasteiger partial charge < -0.3 is 26.0 Å². The van der Waals surface area contributed by atoms with E-state index in [9.17, 15) is 15.0 Å². The van der Waals surface area contributed by atoms with Crippen molar-refractivity contribution in [1.29, 1.82) is 0 Å². The molecule has 1 aromatic heterocycles. The Morgan fingerprint density at radius 1 is 1.24 bits per heavy atom. The number of aromatic nitrogens is 1. The zero-order valence-electron chi connectivity index (χ0n) is 14.1. The topological polar surface area (TPSA) is 118 Å². The van der Waals surface area contributed by atoms with Crippen LogP contribution in [0.15, 0.2) is 42.5 Å². The van der Waals surface area contributed by atoms with Gasteiger partial charge in [0.2, 0.25) is 0 Å². The Balaban J connectivity index is 1.74. The standard InChI is InChI=1S/C18H23N3O4/c1-12-14(7-8-16(19)21-12)17(23)15(22)9-10-20-18(24)25-11-13-5-3-2-4-6-13/h2-8,15,17,22-23H,9-11H2,1H3,(H2,19,21)(H,20,24). The van der Waals surface area contributed by atoms with E-state index in [1.807, 2.05) is 30.3 Å². The number of nitrogens with zero attached hydrogens (tertiary/aromatic N) is 1. The van der Waals surface area contributed by atoms with Crippen LogP contribution in [0.2, 0.25) is 0 Å². The molecular formula is C18H23N3O4. The summed E-state index contributed by atoms with van der Waals surface area (Å²) in [5, 5.41) is 22.8. The Morgan fingerprint density at radius 2 is 1.96 bits per heavy atom. The van der Waals surface area contributed by atoms with Crippen molar-refractivity contribution in [3.05, 3.63) is 59.3 Å². The second kappa shape index (κ2) is 9.00. The number of aryl methyl sites for hydroxylation is 1. The number of hydrogen-bond donors (Lipinski definition) is 4. The number of hydrogen-bond acceptors (Lipinski definition) is 6. The van der Waals surface area contributed by atoms with Crippen LogP contribution in [0.1, 0.15) is 29.3 Å². The molecule has 0 saturated carbocycles. The predicted octanol–water partition coefficient (Wildman–Crippen LogP) is 1.68. The Labute approximate surface area is 146 Å². The summed E-state index contributed by atoms with van der Waals surface area (Å²) in [5.74, 6) is 0.353. The summed E-state index contributed by atoms with van der Waals surface area (Å²) in [5.41, 5.74) is 7.52. The van der Waals surface area contributed by atoms with Gasteiger partial charge in [-0.05, 0) is 25.0 Å². The molecule has 0 bridgehead atoms. The minimum atomic E-state index is -1.10. The van der Waals surface area contributed by atoms with Crippen molar-refractivity contribution < 1.29 is 19.7 Å². The first kappa shape index (κ1) is 18.7. The first-order valence-electron chi connectivity index (χ1n) is 8.01. The molecule has 0 radical (unpaired) electrons. The first-order chi connectivity index (χ1) is 12.0. The fourth-order valence-electron chi connectivity index (χ4n) is 2.37. The number of ether oxygens (including phenoxy) is 1. The molecular weight excluding hydrogens is 322 g/mol. The zero-order chi connectivity index (χ0) is 18.2. The number of nitrogens with one attached hydrogen (secondary N) is 1. The minimum absolute atomic E-state index is 0.172. The van der Waals surface area contributed by atoms with Gasteiger partial charge >= 0.3 is 6.09 Å². The second-order valence-electron chi connectivity index (χ2n) is 5.70. The molecule has 0 aliphatic carbocycles. The molecule has 134 valence electrons. The lowest BCUT2D eigenvalue weighted by atomic mass is 10.0. The highest BCUT2D eigenvalue weighted by molar-refractivity contribution is 5.67. The van der Waals surface area contributed by atoms with Crippen LogP contribution in [-0.4, -0.2) is 33.9 Å². The van der Waals surface area contributed by atoms with Crippen LogP contribution >= 0.6 is 0 Å². The van der Waals surface area contributed by atoms with Gasteiger partial charge in [-0.3, -0.25) is 0 Å². The monoisotopic (exact) mass is 345 g/mol. The van der Waals surface area contributed by atoms with E-state index in [2.05, 4.69) is 10.3 Å². The van der Waals surface area contributed by atoms with E-state index in [-0.39, 0.29) is 19.6 Å². The molecule has 0 spiro atoms. The maximum atomic E-state index is 11.6. The average Bonchev–Trinajstić information content (AvgIpc) is 2.60. The van der Waals surface area contributed by atoms with E-state index in [1.165, 1.54) is 0 Å². The van der Waals surface area contributed by atoms with Crippen LogP contribution < -0.4 is 11.1 Å². The second-order valence-corrected chi connectivity index (χ2v) is 5.70. The Morgan fingerprint density at radius 3 is 2.64 bits per heavy atom. The number of alkyl carbamates (subject to hydrolysis) is 1. The summed E-state index contributed by atoms with van der Waals surface area (Å²) in [6.45, 7) is 2.06. The molecule has 2 rings (SSSR count). The van der Waals surface area contributed by atoms with Gasteiger partial charge in [-0.25, -0.2) is 9.78 Å². The molecule has 2 atom stereocenters. The van der Waals surface area contributed by atoms with Gasteiger partial charge in [0.25, 0.3) is 0 Å². The molecule has 1 amide bonds. The number of nitrogen functional groups attached to an aromatic ring is 1. The molecule has 5 N–H and O–H groups in total. The Hall–Kier alpha value is -2.64. The summed E-state index contributed by atoms with van der Waals surface area (Å²) < 4.78 is 5.07. The third kappa shape index (κ3) is 5.74. The van der Waals surface area contributed by atoms with Crippen LogP contribution in [0.25, 0.3) is 0 Å². The van der Waals surface area contributed by atoms with Crippen molar-refractivity contribution in [1.82, 2.24) is 10.3 Å². The molecule has 0 aliphatic heterocycles. The average molecular weight is 345 g/mol. The molecule has 0 fully saturated rings. The fourth-order valence-corrected chi connectivity index (χ4v) is 2.37. The van der Waals surface area contributed by atoms with Crippen LogP contribution in [0.3, 0.4) is 0 Å². The lowest BCUT2D eigenvalue weighted by molar-refractivity contribution is 0.0130. The van der Waals surface area contributed by atoms with Crippen molar-refractivity contribution in [3.63, 3.8) is 0 Å². The number of amides is 1. The Bertz CT molecular complexity index is 694. The number of carbonyl (C=O) groups is 1. The van der Waals surface area contributed by atoms with E-state index >= 15 is 0 Å². The first-order valence-corrected chi connectivity index (χ1v) is 8.01. The van der Waals surface area contributed by atoms with Crippen molar-refractivity contribution in [2.45, 2.75) is 32.2 Å². The maximum Gasteiger partial charge on any atom is 0.407 e. The van der Waals surface area contributed by atoms with Crippen LogP contribution in [-0.2, 0) is 11.3 Å². The smallest absolute Gasteiger partial charge is 0.407 e. The highest BCUT2D eigenvalue weighted by Crippen LogP contribution is 2.22. The minimum Gasteiger partial charge on any atom is -0.445 e. The number of pyridine rings is 1. The van der Waals surface area contributed by atoms with E-state index in [4.69, 9.17) is 10.5 Å². The number of aliphatic hydroxyl groups excluding tert-OH is 2. The number of rotatable bonds is 7. The third-order valence-electron chi connectivity index (χ3n) is 3.75. The van der Waals surface area contributed by atoms with E-state index in [1.54, 1.807) is 19.1 Å². The van der Waals surface area contributed by atoms with Gasteiger partial charge in [-0.2, -0.15) is 0 Å². The van der Waals surface area contributed by atoms with E-state index in [0.29, 0.717) is 17.1 Å². The lowest BCUT2D eigenvalue weighted by Crippen LogP contribution is -2.30. The molecule has 7 heteroatoms. The maximum absolute atomic E-state index is 11.6. The number of benzene rings is 1. The van der Waals surface area contributed by atoms with Crippen LogP contribution in [0.5, 0.6) is 0 Å². The van der Waals surface area contributed by atoms with Crippen molar-refractivity contribution in [2.75, 3.05) is 12.3 Å². The van der Waals surface area contributed by atoms with Crippen LogP contribution in [0.4, 0.5) is 10.6 Å². The molecule has 2 unspecified atom stereocenters. The summed E-state index contributed by atoms with van der Waals surface area (Å²) in [4.78, 5) is 15.7. The Kier molecular flexibility index (Phi) is 6.73. The van der Waals surface area contributed by atoms with Crippen molar-refractivity contribution >= 4 is 11.9 Å². The molecule has 1 heterocycles. The molecule has 1 aromatic carbocycles. The highest BCUT2D eigenvalue weighted by Gasteiger charge is 2.20. The van der Waals surface area contributed by atoms with Gasteiger partial charge in [0.05, 0.1) is 6.10 Å². The summed E-state index contributed by atoms with van der Waals surface area (Å²) in [7, 11) is 0. The van der Waals surface area contributed by atoms with E-state index in [0.717, 1.165) is 5.56 Å². The molecule has 7 nitrogen and oxygen atoms in total. The van der Waals surface area contributed by atoms with E-state index < -0.39 is 18.3 Å². The number of aliphatic hydroxyl groups is 2. The van der Waals surface area contributed by atoms with Crippen molar-refractivity contribution in [2.24, 2.45) is 0 Å². The zero-order valence-corrected chi connectivity index (χ0v) is 14.1. The number of anilines is 1. The SMILES string of the molecule is Cc1nc(N)ccc1C(O)C(O)CCNC(=O)OCc1ccccc1. The predicted molar refractivity (Wildman–Crippen MR) is 93.6 cm³/mol. The largest absolute Gasteiger partial charge is 0.445 e. The van der Waals surface area contributed by atoms with Gasteiger partial charge in [-0.1, -0.05) is 36.4 Å². The molecule has 0 aliphatic rings. The van der Waals surface area contributed by atoms with Gasteiger partial charge in [0.1, 0.15) is 18.5 Å². The molecule has 0 saturated heterocycles. The summed E-state index contributed by atoms with van der Waals surface area (Å²) in [6.07, 6.45) is -2.55. The van der Waals surface area contributed by atoms with Gasteiger partial charge in [-0.15, -0.1) is 0 Å². The van der Waals surface area contributed by atoms with Crippen molar-refractivity contribution in [3.8, 4) is 0 Å². The quantitative estimate of drug-likeness (QED) is 0.606. The molecule has 2 aromatic rings.